The van der Waals surface area contributed by atoms with E-state index in [0.717, 1.165) is 29.8 Å². The van der Waals surface area contributed by atoms with Gasteiger partial charge in [-0.2, -0.15) is 5.10 Å². The van der Waals surface area contributed by atoms with Crippen LogP contribution in [0.4, 0.5) is 5.82 Å². The lowest BCUT2D eigenvalue weighted by Gasteiger charge is -2.33. The van der Waals surface area contributed by atoms with E-state index in [9.17, 15) is 9.59 Å². The highest BCUT2D eigenvalue weighted by Gasteiger charge is 2.27. The van der Waals surface area contributed by atoms with Crippen LogP contribution in [-0.2, 0) is 16.0 Å². The fourth-order valence-electron chi connectivity index (χ4n) is 3.45. The van der Waals surface area contributed by atoms with E-state index in [1.165, 1.54) is 0 Å². The summed E-state index contributed by atoms with van der Waals surface area (Å²) in [5.41, 5.74) is 1.79. The molecule has 1 fully saturated rings. The van der Waals surface area contributed by atoms with E-state index in [1.54, 1.807) is 6.20 Å². The van der Waals surface area contributed by atoms with E-state index in [1.807, 2.05) is 67.6 Å². The quantitative estimate of drug-likeness (QED) is 0.879. The van der Waals surface area contributed by atoms with Gasteiger partial charge in [0.05, 0.1) is 18.7 Å². The number of carbonyl (C=O) groups excluding carboxylic acids is 2. The van der Waals surface area contributed by atoms with E-state index in [-0.39, 0.29) is 17.9 Å². The summed E-state index contributed by atoms with van der Waals surface area (Å²) >= 11 is 0. The minimum Gasteiger partial charge on any atom is -0.342 e. The molecule has 1 aromatic carbocycles. The van der Waals surface area contributed by atoms with Crippen molar-refractivity contribution in [1.29, 1.82) is 0 Å². The Balaban J connectivity index is 1.59. The number of anilines is 1. The molecule has 1 aliphatic rings. The number of rotatable bonds is 4. The highest BCUT2D eigenvalue weighted by atomic mass is 16.2. The van der Waals surface area contributed by atoms with E-state index >= 15 is 0 Å². The van der Waals surface area contributed by atoms with Crippen LogP contribution in [0.5, 0.6) is 0 Å². The maximum Gasteiger partial charge on any atom is 0.230 e. The van der Waals surface area contributed by atoms with Crippen LogP contribution in [-0.4, -0.2) is 39.6 Å². The third-order valence-electron chi connectivity index (χ3n) is 5.36. The smallest absolute Gasteiger partial charge is 0.230 e. The molecule has 1 N–H and O–H groups in total. The molecule has 2 amide bonds. The van der Waals surface area contributed by atoms with Gasteiger partial charge in [0.1, 0.15) is 5.82 Å². The number of aromatic nitrogens is 2. The first-order valence-electron chi connectivity index (χ1n) is 9.93. The molecule has 6 heteroatoms. The molecule has 2 aromatic rings. The molecular formula is C22H30N4O2. The van der Waals surface area contributed by atoms with Crippen LogP contribution in [0.15, 0.2) is 36.5 Å². The van der Waals surface area contributed by atoms with Gasteiger partial charge < -0.3 is 10.2 Å². The summed E-state index contributed by atoms with van der Waals surface area (Å²) in [6, 6.07) is 10.1. The molecule has 0 radical (unpaired) electrons. The fourth-order valence-corrected chi connectivity index (χ4v) is 3.45. The van der Waals surface area contributed by atoms with Gasteiger partial charge in [0, 0.05) is 24.6 Å². The standard InChI is InChI=1S/C22H30N4O2/c1-16-7-5-6-8-17(16)15-20(27)25-13-10-18(11-14-25)26-19(9-12-23-26)24-21(28)22(2,3)4/h5-9,12,18H,10-11,13-15H2,1-4H3,(H,24,28). The second kappa shape index (κ2) is 8.17. The number of hydrogen-bond acceptors (Lipinski definition) is 3. The summed E-state index contributed by atoms with van der Waals surface area (Å²) in [5.74, 6) is 0.874. The molecule has 2 heterocycles. The zero-order valence-electron chi connectivity index (χ0n) is 17.2. The number of likely N-dealkylation sites (tertiary alicyclic amines) is 1. The summed E-state index contributed by atoms with van der Waals surface area (Å²) in [6.07, 6.45) is 3.83. The van der Waals surface area contributed by atoms with Gasteiger partial charge in [-0.25, -0.2) is 4.68 Å². The van der Waals surface area contributed by atoms with Crippen LogP contribution in [0.25, 0.3) is 0 Å². The molecule has 1 aromatic heterocycles. The zero-order chi connectivity index (χ0) is 20.3. The molecule has 1 aliphatic heterocycles. The van der Waals surface area contributed by atoms with Crippen molar-refractivity contribution in [3.8, 4) is 0 Å². The van der Waals surface area contributed by atoms with Gasteiger partial charge in [-0.1, -0.05) is 45.0 Å². The van der Waals surface area contributed by atoms with Gasteiger partial charge in [-0.05, 0) is 30.9 Å². The van der Waals surface area contributed by atoms with Crippen molar-refractivity contribution in [2.24, 2.45) is 5.41 Å². The second-order valence-corrected chi connectivity index (χ2v) is 8.58. The molecule has 0 spiro atoms. The predicted molar refractivity (Wildman–Crippen MR) is 110 cm³/mol. The number of amides is 2. The second-order valence-electron chi connectivity index (χ2n) is 8.58. The summed E-state index contributed by atoms with van der Waals surface area (Å²) in [7, 11) is 0. The topological polar surface area (TPSA) is 67.2 Å². The minimum atomic E-state index is -0.458. The van der Waals surface area contributed by atoms with Crippen molar-refractivity contribution in [3.63, 3.8) is 0 Å². The first-order valence-corrected chi connectivity index (χ1v) is 9.93. The molecule has 3 rings (SSSR count). The summed E-state index contributed by atoms with van der Waals surface area (Å²) < 4.78 is 1.90. The summed E-state index contributed by atoms with van der Waals surface area (Å²) in [5, 5.41) is 7.40. The third kappa shape index (κ3) is 4.61. The molecule has 6 nitrogen and oxygen atoms in total. The lowest BCUT2D eigenvalue weighted by Crippen LogP contribution is -2.40. The van der Waals surface area contributed by atoms with Gasteiger partial charge in [0.2, 0.25) is 11.8 Å². The number of hydrogen-bond donors (Lipinski definition) is 1. The first-order chi connectivity index (χ1) is 13.3. The molecule has 150 valence electrons. The van der Waals surface area contributed by atoms with Crippen LogP contribution in [0.1, 0.15) is 50.8 Å². The summed E-state index contributed by atoms with van der Waals surface area (Å²) in [4.78, 5) is 26.9. The van der Waals surface area contributed by atoms with Crippen LogP contribution in [0, 0.1) is 12.3 Å². The monoisotopic (exact) mass is 382 g/mol. The Morgan fingerprint density at radius 2 is 1.82 bits per heavy atom. The minimum absolute atomic E-state index is 0.0277. The van der Waals surface area contributed by atoms with Crippen LogP contribution in [0.2, 0.25) is 0 Å². The highest BCUT2D eigenvalue weighted by molar-refractivity contribution is 5.93. The molecule has 0 saturated carbocycles. The average Bonchev–Trinajstić information content (AvgIpc) is 3.11. The van der Waals surface area contributed by atoms with E-state index in [4.69, 9.17) is 0 Å². The van der Waals surface area contributed by atoms with Gasteiger partial charge in [0.15, 0.2) is 0 Å². The van der Waals surface area contributed by atoms with E-state index < -0.39 is 5.41 Å². The number of benzene rings is 1. The Morgan fingerprint density at radius 3 is 2.46 bits per heavy atom. The number of nitrogens with zero attached hydrogens (tertiary/aromatic N) is 3. The van der Waals surface area contributed by atoms with Crippen molar-refractivity contribution < 1.29 is 9.59 Å². The van der Waals surface area contributed by atoms with Crippen molar-refractivity contribution in [3.05, 3.63) is 47.7 Å². The highest BCUT2D eigenvalue weighted by Crippen LogP contribution is 2.27. The average molecular weight is 383 g/mol. The normalized spacial score (nSPS) is 15.5. The fraction of sp³-hybridized carbons (Fsp3) is 0.500. The van der Waals surface area contributed by atoms with Gasteiger partial charge >= 0.3 is 0 Å². The summed E-state index contributed by atoms with van der Waals surface area (Å²) in [6.45, 7) is 9.13. The molecule has 0 aliphatic carbocycles. The van der Waals surface area contributed by atoms with Crippen molar-refractivity contribution >= 4 is 17.6 Å². The van der Waals surface area contributed by atoms with E-state index in [2.05, 4.69) is 10.4 Å². The number of piperidine rings is 1. The Hall–Kier alpha value is -2.63. The largest absolute Gasteiger partial charge is 0.342 e. The van der Waals surface area contributed by atoms with Gasteiger partial charge in [-0.15, -0.1) is 0 Å². The Morgan fingerprint density at radius 1 is 1.14 bits per heavy atom. The third-order valence-corrected chi connectivity index (χ3v) is 5.36. The van der Waals surface area contributed by atoms with E-state index in [0.29, 0.717) is 19.5 Å². The van der Waals surface area contributed by atoms with Crippen LogP contribution >= 0.6 is 0 Å². The molecule has 28 heavy (non-hydrogen) atoms. The molecule has 0 unspecified atom stereocenters. The predicted octanol–water partition coefficient (Wildman–Crippen LogP) is 3.58. The lowest BCUT2D eigenvalue weighted by molar-refractivity contribution is -0.131. The first kappa shape index (κ1) is 20.1. The van der Waals surface area contributed by atoms with Gasteiger partial charge in [0.25, 0.3) is 0 Å². The maximum absolute atomic E-state index is 12.7. The van der Waals surface area contributed by atoms with Crippen LogP contribution in [0.3, 0.4) is 0 Å². The van der Waals surface area contributed by atoms with Gasteiger partial charge in [-0.3, -0.25) is 9.59 Å². The van der Waals surface area contributed by atoms with Crippen molar-refractivity contribution in [2.75, 3.05) is 18.4 Å². The Kier molecular flexibility index (Phi) is 5.87. The Labute approximate surface area is 166 Å². The molecule has 0 atom stereocenters. The SMILES string of the molecule is Cc1ccccc1CC(=O)N1CCC(n2nccc2NC(=O)C(C)(C)C)CC1. The number of aryl methyl sites for hydroxylation is 1. The number of nitrogens with one attached hydrogen (secondary N) is 1. The number of carbonyl (C=O) groups is 2. The molecular weight excluding hydrogens is 352 g/mol. The molecule has 1 saturated heterocycles. The van der Waals surface area contributed by atoms with Crippen LogP contribution < -0.4 is 5.32 Å². The lowest BCUT2D eigenvalue weighted by atomic mass is 9.96. The molecule has 0 bridgehead atoms. The maximum atomic E-state index is 12.7. The van der Waals surface area contributed by atoms with Crippen molar-refractivity contribution in [2.45, 2.75) is 53.0 Å². The van der Waals surface area contributed by atoms with Crippen molar-refractivity contribution in [1.82, 2.24) is 14.7 Å². The zero-order valence-corrected chi connectivity index (χ0v) is 17.2. The Bertz CT molecular complexity index is 842.